The zero-order valence-corrected chi connectivity index (χ0v) is 16.7. The highest BCUT2D eigenvalue weighted by Gasteiger charge is 2.60. The quantitative estimate of drug-likeness (QED) is 0.645. The number of carbonyl (C=O) groups is 1. The maximum absolute atomic E-state index is 12.5. The molecule has 0 spiro atoms. The molecule has 1 aliphatic rings. The molecule has 1 aromatic carbocycles. The summed E-state index contributed by atoms with van der Waals surface area (Å²) in [5, 5.41) is 0.0199. The molecule has 1 heterocycles. The van der Waals surface area contributed by atoms with Gasteiger partial charge >= 0.3 is 18.4 Å². The number of alkyl halides is 6. The summed E-state index contributed by atoms with van der Waals surface area (Å²) in [6.07, 6.45) is -17.2. The minimum absolute atomic E-state index is 0.0199. The van der Waals surface area contributed by atoms with E-state index >= 15 is 0 Å². The number of nitrogens with one attached hydrogen (secondary N) is 1. The van der Waals surface area contributed by atoms with Crippen LogP contribution >= 0.6 is 11.6 Å². The van der Waals surface area contributed by atoms with Gasteiger partial charge in [0, 0.05) is 19.6 Å². The molecule has 170 valence electrons. The van der Waals surface area contributed by atoms with Crippen LogP contribution in [0, 0.1) is 5.92 Å². The summed E-state index contributed by atoms with van der Waals surface area (Å²) in [4.78, 5) is 12.3. The Morgan fingerprint density at radius 2 is 1.67 bits per heavy atom. The van der Waals surface area contributed by atoms with Crippen LogP contribution in [0.3, 0.4) is 0 Å². The largest absolute Gasteiger partial charge is 0.434 e. The molecule has 1 N–H and O–H groups in total. The number of rotatable bonds is 5. The number of likely N-dealkylation sites (tertiary alicyclic amines) is 1. The van der Waals surface area contributed by atoms with Crippen molar-refractivity contribution in [1.82, 2.24) is 9.62 Å². The number of hydrogen-bond acceptors (Lipinski definition) is 4. The second kappa shape index (κ2) is 9.18. The second-order valence-corrected chi connectivity index (χ2v) is 8.70. The molecule has 1 fully saturated rings. The van der Waals surface area contributed by atoms with Gasteiger partial charge in [-0.2, -0.15) is 26.3 Å². The Morgan fingerprint density at radius 1 is 1.13 bits per heavy atom. The zero-order valence-electron chi connectivity index (χ0n) is 15.1. The first-order chi connectivity index (χ1) is 13.7. The fourth-order valence-electron chi connectivity index (χ4n) is 2.78. The molecule has 1 aromatic rings. The Labute approximate surface area is 173 Å². The van der Waals surface area contributed by atoms with E-state index in [0.29, 0.717) is 0 Å². The SMILES string of the molecule is O=C(OC(C(F)(F)F)C(F)(F)F)N1CCC(CNS(=O)(=O)c2ccccc2Cl)CC1. The van der Waals surface area contributed by atoms with Crippen molar-refractivity contribution in [1.29, 1.82) is 0 Å². The lowest BCUT2D eigenvalue weighted by Crippen LogP contribution is -2.49. The molecule has 2 rings (SSSR count). The van der Waals surface area contributed by atoms with Gasteiger partial charge in [0.15, 0.2) is 0 Å². The molecular weight excluding hydrogens is 466 g/mol. The molecule has 0 bridgehead atoms. The van der Waals surface area contributed by atoms with Gasteiger partial charge in [-0.3, -0.25) is 0 Å². The summed E-state index contributed by atoms with van der Waals surface area (Å²) < 4.78 is 106. The van der Waals surface area contributed by atoms with Gasteiger partial charge in [0.1, 0.15) is 4.90 Å². The molecule has 0 aromatic heterocycles. The van der Waals surface area contributed by atoms with Crippen molar-refractivity contribution in [2.24, 2.45) is 5.92 Å². The van der Waals surface area contributed by atoms with E-state index in [1.54, 1.807) is 6.07 Å². The van der Waals surface area contributed by atoms with Crippen LogP contribution in [0.15, 0.2) is 29.2 Å². The standard InChI is InChI=1S/C16H17ClF6N2O4S/c17-11-3-1-2-4-12(11)30(27,28)24-9-10-5-7-25(8-6-10)14(26)29-13(15(18,19)20)16(21,22)23/h1-4,10,13,24H,5-9H2. The number of nitrogens with zero attached hydrogens (tertiary/aromatic N) is 1. The number of sulfonamides is 1. The molecule has 14 heteroatoms. The van der Waals surface area contributed by atoms with Crippen LogP contribution < -0.4 is 4.72 Å². The maximum Gasteiger partial charge on any atom is 0.434 e. The normalized spacial score (nSPS) is 16.7. The molecule has 0 aliphatic carbocycles. The molecule has 0 unspecified atom stereocenters. The van der Waals surface area contributed by atoms with E-state index in [4.69, 9.17) is 11.6 Å². The Hall–Kier alpha value is -1.73. The smallest absolute Gasteiger partial charge is 0.426 e. The lowest BCUT2D eigenvalue weighted by atomic mass is 9.97. The van der Waals surface area contributed by atoms with Crippen LogP contribution in [-0.2, 0) is 14.8 Å². The predicted octanol–water partition coefficient (Wildman–Crippen LogP) is 3.96. The Morgan fingerprint density at radius 3 is 2.17 bits per heavy atom. The number of halogens is 7. The van der Waals surface area contributed by atoms with Gasteiger partial charge in [-0.15, -0.1) is 0 Å². The fourth-order valence-corrected chi connectivity index (χ4v) is 4.42. The summed E-state index contributed by atoms with van der Waals surface area (Å²) in [5.74, 6) is -0.285. The number of amides is 1. The highest BCUT2D eigenvalue weighted by atomic mass is 35.5. The minimum Gasteiger partial charge on any atom is -0.426 e. The van der Waals surface area contributed by atoms with Crippen LogP contribution in [-0.4, -0.2) is 57.5 Å². The van der Waals surface area contributed by atoms with Crippen LogP contribution in [0.2, 0.25) is 5.02 Å². The lowest BCUT2D eigenvalue weighted by molar-refractivity contribution is -0.308. The highest BCUT2D eigenvalue weighted by Crippen LogP contribution is 2.36. The third-order valence-corrected chi connectivity index (χ3v) is 6.30. The Balaban J connectivity index is 1.89. The lowest BCUT2D eigenvalue weighted by Gasteiger charge is -2.33. The van der Waals surface area contributed by atoms with E-state index in [1.165, 1.54) is 18.2 Å². The molecule has 1 saturated heterocycles. The summed E-state index contributed by atoms with van der Waals surface area (Å²) >= 11 is 5.85. The molecular formula is C16H17ClF6N2O4S. The highest BCUT2D eigenvalue weighted by molar-refractivity contribution is 7.89. The van der Waals surface area contributed by atoms with Crippen molar-refractivity contribution < 1.29 is 44.3 Å². The first kappa shape index (κ1) is 24.5. The van der Waals surface area contributed by atoms with Crippen LogP contribution in [0.5, 0.6) is 0 Å². The number of carbonyl (C=O) groups excluding carboxylic acids is 1. The van der Waals surface area contributed by atoms with E-state index in [2.05, 4.69) is 9.46 Å². The van der Waals surface area contributed by atoms with Gasteiger partial charge in [0.05, 0.1) is 5.02 Å². The monoisotopic (exact) mass is 482 g/mol. The minimum atomic E-state index is -5.79. The van der Waals surface area contributed by atoms with Gasteiger partial charge in [-0.25, -0.2) is 17.9 Å². The van der Waals surface area contributed by atoms with Crippen molar-refractivity contribution in [3.63, 3.8) is 0 Å². The first-order valence-electron chi connectivity index (χ1n) is 8.55. The van der Waals surface area contributed by atoms with Gasteiger partial charge in [-0.1, -0.05) is 23.7 Å². The van der Waals surface area contributed by atoms with Crippen LogP contribution in [0.1, 0.15) is 12.8 Å². The molecule has 6 nitrogen and oxygen atoms in total. The van der Waals surface area contributed by atoms with E-state index in [-0.39, 0.29) is 48.3 Å². The van der Waals surface area contributed by atoms with Crippen molar-refractivity contribution in [3.05, 3.63) is 29.3 Å². The first-order valence-corrected chi connectivity index (χ1v) is 10.4. The topological polar surface area (TPSA) is 75.7 Å². The van der Waals surface area contributed by atoms with Gasteiger partial charge in [-0.05, 0) is 30.9 Å². The number of benzene rings is 1. The summed E-state index contributed by atoms with van der Waals surface area (Å²) in [5.41, 5.74) is 0. The van der Waals surface area contributed by atoms with E-state index in [9.17, 15) is 39.6 Å². The third-order valence-electron chi connectivity index (χ3n) is 4.37. The average molecular weight is 483 g/mol. The van der Waals surface area contributed by atoms with Crippen molar-refractivity contribution in [3.8, 4) is 0 Å². The molecule has 1 aliphatic heterocycles. The maximum atomic E-state index is 12.5. The Kier molecular flexibility index (Phi) is 7.51. The predicted molar refractivity (Wildman–Crippen MR) is 93.3 cm³/mol. The van der Waals surface area contributed by atoms with Gasteiger partial charge < -0.3 is 9.64 Å². The van der Waals surface area contributed by atoms with Crippen molar-refractivity contribution in [2.75, 3.05) is 19.6 Å². The van der Waals surface area contributed by atoms with Crippen LogP contribution in [0.4, 0.5) is 31.1 Å². The third kappa shape index (κ3) is 6.38. The van der Waals surface area contributed by atoms with Crippen LogP contribution in [0.25, 0.3) is 0 Å². The Bertz CT molecular complexity index is 840. The number of piperidine rings is 1. The summed E-state index contributed by atoms with van der Waals surface area (Å²) in [6, 6.07) is 5.74. The van der Waals surface area contributed by atoms with E-state index in [0.717, 1.165) is 4.90 Å². The average Bonchev–Trinajstić information content (AvgIpc) is 2.63. The van der Waals surface area contributed by atoms with Crippen molar-refractivity contribution in [2.45, 2.75) is 36.2 Å². The second-order valence-electron chi connectivity index (χ2n) is 6.56. The zero-order chi connectivity index (χ0) is 22.7. The van der Waals surface area contributed by atoms with E-state index in [1.807, 2.05) is 0 Å². The van der Waals surface area contributed by atoms with E-state index < -0.39 is 34.6 Å². The molecule has 0 atom stereocenters. The number of ether oxygens (including phenoxy) is 1. The molecule has 1 amide bonds. The fraction of sp³-hybridized carbons (Fsp3) is 0.562. The summed E-state index contributed by atoms with van der Waals surface area (Å²) in [7, 11) is -3.91. The molecule has 0 saturated carbocycles. The number of hydrogen-bond donors (Lipinski definition) is 1. The van der Waals surface area contributed by atoms with Crippen molar-refractivity contribution >= 4 is 27.7 Å². The molecule has 0 radical (unpaired) electrons. The molecule has 30 heavy (non-hydrogen) atoms. The van der Waals surface area contributed by atoms with Gasteiger partial charge in [0.25, 0.3) is 6.10 Å². The van der Waals surface area contributed by atoms with Gasteiger partial charge in [0.2, 0.25) is 10.0 Å². The summed E-state index contributed by atoms with van der Waals surface area (Å²) in [6.45, 7) is -0.399.